The molecule has 6 aromatic carbocycles. The molecule has 9 aromatic rings. The van der Waals surface area contributed by atoms with Crippen LogP contribution in [0.1, 0.15) is 117 Å². The zero-order valence-corrected chi connectivity index (χ0v) is 64.4. The number of piperidine rings is 3. The maximum atomic E-state index is 13.5. The predicted octanol–water partition coefficient (Wildman–Crippen LogP) is 13.2. The highest BCUT2D eigenvalue weighted by Gasteiger charge is 2.33. The Morgan fingerprint density at radius 1 is 0.449 bits per heavy atom. The second kappa shape index (κ2) is 34.7. The van der Waals surface area contributed by atoms with Crippen LogP contribution in [0.2, 0.25) is 15.1 Å². The van der Waals surface area contributed by atoms with E-state index in [1.807, 2.05) is 23.0 Å². The Kier molecular flexibility index (Phi) is 26.1. The summed E-state index contributed by atoms with van der Waals surface area (Å²) in [5, 5.41) is 2.06. The predicted molar refractivity (Wildman–Crippen MR) is 411 cm³/mol. The van der Waals surface area contributed by atoms with E-state index in [1.165, 1.54) is 118 Å². The van der Waals surface area contributed by atoms with Crippen LogP contribution >= 0.6 is 46.6 Å². The number of aromatic amines is 1. The van der Waals surface area contributed by atoms with Crippen molar-refractivity contribution in [2.24, 2.45) is 17.8 Å². The van der Waals surface area contributed by atoms with Crippen molar-refractivity contribution in [2.45, 2.75) is 69.5 Å². The first-order valence-corrected chi connectivity index (χ1v) is 39.4. The molecule has 3 saturated heterocycles. The number of nitrogens with one attached hydrogen (secondary N) is 1. The van der Waals surface area contributed by atoms with E-state index in [4.69, 9.17) is 34.8 Å². The number of H-pyrrole nitrogens is 1. The molecule has 0 aliphatic carbocycles. The molecule has 3 aromatic heterocycles. The number of rotatable bonds is 19. The summed E-state index contributed by atoms with van der Waals surface area (Å²) in [5.41, 5.74) is 6.17. The van der Waals surface area contributed by atoms with Crippen LogP contribution in [0.25, 0.3) is 32.7 Å². The third-order valence-corrected chi connectivity index (χ3v) is 21.8. The van der Waals surface area contributed by atoms with Crippen molar-refractivity contribution < 1.29 is 64.7 Å². The molecule has 6 amide bonds. The maximum Gasteiger partial charge on any atom is 0.294 e. The highest BCUT2D eigenvalue weighted by molar-refractivity contribution is 7.97. The van der Waals surface area contributed by atoms with Crippen LogP contribution in [0, 0.1) is 35.2 Å². The lowest BCUT2D eigenvalue weighted by Crippen LogP contribution is -2.39. The van der Waals surface area contributed by atoms with E-state index in [1.54, 1.807) is 81.2 Å². The first-order valence-electron chi connectivity index (χ1n) is 34.8. The summed E-state index contributed by atoms with van der Waals surface area (Å²) < 4.78 is 66.7. The number of carbonyl (C=O) groups is 9. The number of likely N-dealkylation sites (N-methyl/N-ethyl adjacent to an activating group) is 3. The fraction of sp³-hybridized carbons (Fsp3) is 0.354. The first kappa shape index (κ1) is 80.3. The zero-order chi connectivity index (χ0) is 77.5. The lowest BCUT2D eigenvalue weighted by Gasteiger charge is -2.32. The number of sulfone groups is 1. The zero-order valence-electron chi connectivity index (χ0n) is 60.5. The number of Topliss-reactive ketones (excluding diaryl/α,β-unsaturated/α-hetero) is 3. The molecule has 0 unspecified atom stereocenters. The molecule has 0 spiro atoms. The molecule has 3 aliphatic rings. The van der Waals surface area contributed by atoms with Crippen LogP contribution in [-0.2, 0) is 55.2 Å². The SMILES string of the molecule is CN(C)C(=O)C(=O)c1c[nH]c2cc(Cl)c(C(=O)N3CCC(Cc4ccc(F)cc4)CC3)cc12.CN(C)C(=O)C(=O)c1cn(CS(C)(=O)=O)c2cc(Cl)c(C(=O)N3CCC(Cc4ccc(F)cc4)CC3)cc12.CSCn1cc(C(=O)C(=O)N(C)C)c2cc(C(=O)N3CCC(Cc4ccc(F)cc4)CC3)c(Cl)cc21. The van der Waals surface area contributed by atoms with E-state index >= 15 is 0 Å². The fourth-order valence-corrected chi connectivity index (χ4v) is 15.7. The van der Waals surface area contributed by atoms with Gasteiger partial charge >= 0.3 is 0 Å². The molecule has 1 N–H and O–H groups in total. The van der Waals surface area contributed by atoms with E-state index in [0.29, 0.717) is 111 Å². The number of fused-ring (bicyclic) bond motifs is 3. The highest BCUT2D eigenvalue weighted by atomic mass is 35.5. The van der Waals surface area contributed by atoms with E-state index in [-0.39, 0.29) is 67.8 Å². The average Bonchev–Trinajstić information content (AvgIpc) is 1.64. The molecule has 12 rings (SSSR count). The van der Waals surface area contributed by atoms with Crippen molar-refractivity contribution in [1.82, 2.24) is 43.5 Å². The van der Waals surface area contributed by atoms with E-state index in [0.717, 1.165) is 85.6 Å². The quantitative estimate of drug-likeness (QED) is 0.0588. The smallest absolute Gasteiger partial charge is 0.294 e. The Morgan fingerprint density at radius 3 is 1.08 bits per heavy atom. The van der Waals surface area contributed by atoms with Crippen molar-refractivity contribution in [3.63, 3.8) is 0 Å². The van der Waals surface area contributed by atoms with Gasteiger partial charge in [0.1, 0.15) is 23.3 Å². The van der Waals surface area contributed by atoms with Gasteiger partial charge in [-0.3, -0.25) is 43.2 Å². The first-order chi connectivity index (χ1) is 50.8. The number of amides is 6. The van der Waals surface area contributed by atoms with Gasteiger partial charge in [-0.2, -0.15) is 0 Å². The summed E-state index contributed by atoms with van der Waals surface area (Å²) in [6, 6.07) is 29.1. The van der Waals surface area contributed by atoms with Gasteiger partial charge in [0.25, 0.3) is 52.8 Å². The van der Waals surface area contributed by atoms with Crippen LogP contribution in [0.3, 0.4) is 0 Å². The number of thioether (sulfide) groups is 1. The Labute approximate surface area is 637 Å². The van der Waals surface area contributed by atoms with Crippen molar-refractivity contribution in [3.8, 4) is 0 Å². The standard InChI is InChI=1S/C27H29ClFN3O5S.C27H29ClFN3O3S.C25H25ClFN3O3/c1-30(2)27(35)25(33)22-15-32(16-38(3,36)37)24-14-23(28)21(13-20(22)24)26(34)31-10-8-18(9-11-31)12-17-4-6-19(29)7-5-17;1-30(2)27(35)25(33)22-15-32(16-36-3)24-14-23(28)21(13-20(22)24)26(34)31-10-8-18(9-11-31)12-17-4-6-19(29)7-5-17;1-29(2)25(33)23(31)20-14-28-22-13-21(26)19(12-18(20)22)24(32)30-9-7-16(8-10-30)11-15-3-5-17(27)6-4-15/h4-7,13-15,18H,8-12,16H2,1-3H3;4-7,13-15,18H,8-12,16H2,1-3H3;3-6,12-14,16,28H,7-11H2,1-2H3. The molecule has 564 valence electrons. The van der Waals surface area contributed by atoms with Gasteiger partial charge in [0.05, 0.1) is 65.4 Å². The molecule has 0 atom stereocenters. The van der Waals surface area contributed by atoms with E-state index < -0.39 is 50.8 Å². The Morgan fingerprint density at radius 2 is 0.757 bits per heavy atom. The van der Waals surface area contributed by atoms with Gasteiger partial charge < -0.3 is 43.5 Å². The minimum Gasteiger partial charge on any atom is -0.360 e. The number of hydrogen-bond donors (Lipinski definition) is 1. The minimum absolute atomic E-state index is 0.00562. The van der Waals surface area contributed by atoms with Crippen molar-refractivity contribution in [1.29, 1.82) is 0 Å². The Bertz CT molecular complexity index is 5000. The third-order valence-electron chi connectivity index (χ3n) is 19.6. The van der Waals surface area contributed by atoms with Crippen LogP contribution in [0.4, 0.5) is 13.2 Å². The Balaban J connectivity index is 0.000000172. The van der Waals surface area contributed by atoms with E-state index in [9.17, 15) is 64.7 Å². The average molecular weight is 1560 g/mol. The summed E-state index contributed by atoms with van der Waals surface area (Å²) in [6.07, 6.45) is 14.9. The van der Waals surface area contributed by atoms with Crippen LogP contribution in [0.15, 0.2) is 128 Å². The molecule has 6 heterocycles. The molecule has 28 heteroatoms. The van der Waals surface area contributed by atoms with Gasteiger partial charge in [0.15, 0.2) is 9.84 Å². The number of halogens is 6. The topological polar surface area (TPSA) is 233 Å². The van der Waals surface area contributed by atoms with Crippen LogP contribution in [0.5, 0.6) is 0 Å². The monoisotopic (exact) mass is 1560 g/mol. The lowest BCUT2D eigenvalue weighted by molar-refractivity contribution is -0.124. The van der Waals surface area contributed by atoms with E-state index in [2.05, 4.69) is 4.98 Å². The molecule has 3 fully saturated rings. The molecule has 0 bridgehead atoms. The van der Waals surface area contributed by atoms with Gasteiger partial charge in [-0.15, -0.1) is 11.8 Å². The van der Waals surface area contributed by atoms with Crippen molar-refractivity contribution in [3.05, 3.63) is 210 Å². The van der Waals surface area contributed by atoms with Crippen molar-refractivity contribution >= 4 is 142 Å². The molecule has 107 heavy (non-hydrogen) atoms. The normalized spacial score (nSPS) is 14.5. The number of likely N-dealkylation sites (tertiary alicyclic amines) is 3. The summed E-state index contributed by atoms with van der Waals surface area (Å²) >= 11 is 21.1. The van der Waals surface area contributed by atoms with Gasteiger partial charge in [-0.25, -0.2) is 21.6 Å². The minimum atomic E-state index is -3.48. The second-order valence-electron chi connectivity index (χ2n) is 28.1. The molecule has 0 saturated carbocycles. The van der Waals surface area contributed by atoms with Gasteiger partial charge in [0.2, 0.25) is 0 Å². The number of hydrogen-bond acceptors (Lipinski definition) is 12. The molecular weight excluding hydrogens is 1480 g/mol. The number of nitrogens with zero attached hydrogens (tertiary/aromatic N) is 8. The summed E-state index contributed by atoms with van der Waals surface area (Å²) in [7, 11) is 5.51. The van der Waals surface area contributed by atoms with Crippen molar-refractivity contribution in [2.75, 3.05) is 94.1 Å². The van der Waals surface area contributed by atoms with Gasteiger partial charge in [-0.05, 0) is 171 Å². The largest absolute Gasteiger partial charge is 0.360 e. The molecule has 0 radical (unpaired) electrons. The maximum absolute atomic E-state index is 13.5. The van der Waals surface area contributed by atoms with Crippen LogP contribution < -0.4 is 0 Å². The number of benzene rings is 6. The number of ketones is 3. The molecular formula is C79H83Cl3F3N9O11S2. The van der Waals surface area contributed by atoms with Crippen LogP contribution in [-0.4, -0.2) is 199 Å². The van der Waals surface area contributed by atoms with Gasteiger partial charge in [-0.1, -0.05) is 71.2 Å². The summed E-state index contributed by atoms with van der Waals surface area (Å²) in [6.45, 7) is 3.40. The third kappa shape index (κ3) is 19.4. The molecule has 20 nitrogen and oxygen atoms in total. The summed E-state index contributed by atoms with van der Waals surface area (Å²) in [4.78, 5) is 127. The highest BCUT2D eigenvalue weighted by Crippen LogP contribution is 2.36. The van der Waals surface area contributed by atoms with Gasteiger partial charge in [0, 0.05) is 128 Å². The molecule has 3 aliphatic heterocycles. The number of aromatic nitrogens is 3. The Hall–Kier alpha value is -9.27. The number of carbonyl (C=O) groups excluding carboxylic acids is 9. The second-order valence-corrected chi connectivity index (χ2v) is 32.2. The summed E-state index contributed by atoms with van der Waals surface area (Å²) in [5.74, 6) is -4.19. The lowest BCUT2D eigenvalue weighted by atomic mass is 9.90. The fourth-order valence-electron chi connectivity index (χ4n) is 13.8.